The van der Waals surface area contributed by atoms with Crippen molar-refractivity contribution in [1.82, 2.24) is 0 Å². The minimum atomic E-state index is -0.158. The molecule has 0 aliphatic rings. The maximum absolute atomic E-state index is 10.4. The van der Waals surface area contributed by atoms with Crippen LogP contribution in [0.5, 0.6) is 5.75 Å². The van der Waals surface area contributed by atoms with Gasteiger partial charge in [0.05, 0.1) is 5.02 Å². The van der Waals surface area contributed by atoms with Crippen LogP contribution >= 0.6 is 11.6 Å². The molecule has 2 rings (SSSR count). The SMILES string of the molecule is CCCCCc1ccc(C(C)(C)c2ccc(OCC=O)c(Cl)c2)cc1. The smallest absolute Gasteiger partial charge is 0.157 e. The summed E-state index contributed by atoms with van der Waals surface area (Å²) in [5, 5.41) is 0.531. The Morgan fingerprint density at radius 1 is 1.04 bits per heavy atom. The van der Waals surface area contributed by atoms with Crippen LogP contribution < -0.4 is 4.74 Å². The van der Waals surface area contributed by atoms with Gasteiger partial charge in [-0.15, -0.1) is 0 Å². The van der Waals surface area contributed by atoms with Crippen molar-refractivity contribution in [2.24, 2.45) is 0 Å². The largest absolute Gasteiger partial charge is 0.485 e. The third-order valence-corrected chi connectivity index (χ3v) is 5.00. The summed E-state index contributed by atoms with van der Waals surface area (Å²) in [5.74, 6) is 0.541. The summed E-state index contributed by atoms with van der Waals surface area (Å²) in [7, 11) is 0. The van der Waals surface area contributed by atoms with Gasteiger partial charge >= 0.3 is 0 Å². The molecule has 2 aromatic carbocycles. The van der Waals surface area contributed by atoms with E-state index in [2.05, 4.69) is 45.0 Å². The zero-order chi connectivity index (χ0) is 18.3. The lowest BCUT2D eigenvalue weighted by Crippen LogP contribution is -2.19. The number of aldehydes is 1. The van der Waals surface area contributed by atoms with E-state index in [1.165, 1.54) is 30.4 Å². The predicted octanol–water partition coefficient (Wildman–Crippen LogP) is 5.98. The second kappa shape index (κ2) is 9.05. The number of carbonyl (C=O) groups is 1. The summed E-state index contributed by atoms with van der Waals surface area (Å²) in [6, 6.07) is 14.7. The van der Waals surface area contributed by atoms with Crippen molar-refractivity contribution in [3.05, 3.63) is 64.2 Å². The molecule has 2 aromatic rings. The summed E-state index contributed by atoms with van der Waals surface area (Å²) in [6.45, 7) is 6.63. The van der Waals surface area contributed by atoms with E-state index >= 15 is 0 Å². The molecule has 0 amide bonds. The molecular weight excluding hydrogens is 332 g/mol. The highest BCUT2D eigenvalue weighted by Crippen LogP contribution is 2.36. The van der Waals surface area contributed by atoms with Gasteiger partial charge in [0.15, 0.2) is 6.29 Å². The topological polar surface area (TPSA) is 26.3 Å². The standard InChI is InChI=1S/C22H27ClO2/c1-4-5-6-7-17-8-10-18(11-9-17)22(2,3)19-12-13-21(20(23)16-19)25-15-14-24/h8-14,16H,4-7,15H2,1-3H3. The summed E-state index contributed by atoms with van der Waals surface area (Å²) in [6.07, 6.45) is 5.64. The Kier molecular flexibility index (Phi) is 7.07. The number of hydrogen-bond acceptors (Lipinski definition) is 2. The minimum Gasteiger partial charge on any atom is -0.485 e. The molecule has 0 aliphatic carbocycles. The number of unbranched alkanes of at least 4 members (excludes halogenated alkanes) is 2. The van der Waals surface area contributed by atoms with Crippen LogP contribution in [-0.4, -0.2) is 12.9 Å². The van der Waals surface area contributed by atoms with E-state index in [0.717, 1.165) is 18.3 Å². The first-order valence-corrected chi connectivity index (χ1v) is 9.32. The van der Waals surface area contributed by atoms with Crippen molar-refractivity contribution in [2.75, 3.05) is 6.61 Å². The van der Waals surface area contributed by atoms with E-state index in [4.69, 9.17) is 16.3 Å². The van der Waals surface area contributed by atoms with Crippen LogP contribution in [0, 0.1) is 0 Å². The fourth-order valence-corrected chi connectivity index (χ4v) is 3.20. The molecule has 0 heterocycles. The van der Waals surface area contributed by atoms with Gasteiger partial charge in [-0.2, -0.15) is 0 Å². The van der Waals surface area contributed by atoms with Crippen molar-refractivity contribution >= 4 is 17.9 Å². The van der Waals surface area contributed by atoms with Crippen molar-refractivity contribution in [3.8, 4) is 5.75 Å². The van der Waals surface area contributed by atoms with Crippen molar-refractivity contribution < 1.29 is 9.53 Å². The second-order valence-electron chi connectivity index (χ2n) is 6.90. The molecule has 0 saturated heterocycles. The zero-order valence-electron chi connectivity index (χ0n) is 15.3. The lowest BCUT2D eigenvalue weighted by molar-refractivity contribution is -0.109. The molecule has 0 N–H and O–H groups in total. The Morgan fingerprint density at radius 2 is 1.72 bits per heavy atom. The zero-order valence-corrected chi connectivity index (χ0v) is 16.1. The average Bonchev–Trinajstić information content (AvgIpc) is 2.61. The molecule has 2 nitrogen and oxygen atoms in total. The van der Waals surface area contributed by atoms with Crippen LogP contribution in [0.3, 0.4) is 0 Å². The molecule has 25 heavy (non-hydrogen) atoms. The molecule has 0 fully saturated rings. The lowest BCUT2D eigenvalue weighted by atomic mass is 9.78. The fourth-order valence-electron chi connectivity index (χ4n) is 2.96. The van der Waals surface area contributed by atoms with Gasteiger partial charge < -0.3 is 4.74 Å². The number of aryl methyl sites for hydroxylation is 1. The lowest BCUT2D eigenvalue weighted by Gasteiger charge is -2.27. The molecule has 0 saturated carbocycles. The van der Waals surface area contributed by atoms with Gasteiger partial charge in [0.25, 0.3) is 0 Å². The van der Waals surface area contributed by atoms with Gasteiger partial charge in [0, 0.05) is 5.41 Å². The number of rotatable bonds is 9. The fraction of sp³-hybridized carbons (Fsp3) is 0.409. The van der Waals surface area contributed by atoms with Crippen LogP contribution in [0.1, 0.15) is 56.7 Å². The number of hydrogen-bond donors (Lipinski definition) is 0. The Morgan fingerprint density at radius 3 is 2.32 bits per heavy atom. The Balaban J connectivity index is 2.17. The van der Waals surface area contributed by atoms with Crippen LogP contribution in [-0.2, 0) is 16.6 Å². The van der Waals surface area contributed by atoms with E-state index < -0.39 is 0 Å². The quantitative estimate of drug-likeness (QED) is 0.407. The maximum atomic E-state index is 10.4. The van der Waals surface area contributed by atoms with E-state index in [1.807, 2.05) is 18.2 Å². The third kappa shape index (κ3) is 5.09. The van der Waals surface area contributed by atoms with Crippen LogP contribution in [0.4, 0.5) is 0 Å². The molecule has 0 radical (unpaired) electrons. The summed E-state index contributed by atoms with van der Waals surface area (Å²) < 4.78 is 5.32. The number of ether oxygens (including phenoxy) is 1. The van der Waals surface area contributed by atoms with Crippen molar-refractivity contribution in [3.63, 3.8) is 0 Å². The second-order valence-corrected chi connectivity index (χ2v) is 7.31. The Bertz CT molecular complexity index is 690. The molecule has 0 aliphatic heterocycles. The van der Waals surface area contributed by atoms with Gasteiger partial charge in [-0.1, -0.05) is 75.5 Å². The highest BCUT2D eigenvalue weighted by molar-refractivity contribution is 6.32. The first kappa shape index (κ1) is 19.5. The summed E-state index contributed by atoms with van der Waals surface area (Å²) in [5.41, 5.74) is 3.61. The number of benzene rings is 2. The normalized spacial score (nSPS) is 11.4. The number of carbonyl (C=O) groups excluding carboxylic acids is 1. The molecule has 0 aromatic heterocycles. The number of halogens is 1. The average molecular weight is 359 g/mol. The minimum absolute atomic E-state index is 0.0158. The molecule has 0 bridgehead atoms. The van der Waals surface area contributed by atoms with Gasteiger partial charge in [0.2, 0.25) is 0 Å². The molecule has 0 spiro atoms. The van der Waals surface area contributed by atoms with Crippen molar-refractivity contribution in [1.29, 1.82) is 0 Å². The van der Waals surface area contributed by atoms with Gasteiger partial charge in [-0.3, -0.25) is 4.79 Å². The Labute approximate surface area is 156 Å². The summed E-state index contributed by atoms with van der Waals surface area (Å²) >= 11 is 6.31. The monoisotopic (exact) mass is 358 g/mol. The molecule has 134 valence electrons. The highest BCUT2D eigenvalue weighted by atomic mass is 35.5. The maximum Gasteiger partial charge on any atom is 0.157 e. The first-order chi connectivity index (χ1) is 12.0. The third-order valence-electron chi connectivity index (χ3n) is 4.71. The van der Waals surface area contributed by atoms with Gasteiger partial charge in [0.1, 0.15) is 12.4 Å². The van der Waals surface area contributed by atoms with E-state index in [-0.39, 0.29) is 12.0 Å². The first-order valence-electron chi connectivity index (χ1n) is 8.95. The highest BCUT2D eigenvalue weighted by Gasteiger charge is 2.24. The van der Waals surface area contributed by atoms with Crippen LogP contribution in [0.25, 0.3) is 0 Å². The van der Waals surface area contributed by atoms with Crippen LogP contribution in [0.2, 0.25) is 5.02 Å². The van der Waals surface area contributed by atoms with Crippen LogP contribution in [0.15, 0.2) is 42.5 Å². The predicted molar refractivity (Wildman–Crippen MR) is 105 cm³/mol. The molecule has 3 heteroatoms. The summed E-state index contributed by atoms with van der Waals surface area (Å²) in [4.78, 5) is 10.4. The van der Waals surface area contributed by atoms with E-state index in [0.29, 0.717) is 10.8 Å². The van der Waals surface area contributed by atoms with E-state index in [9.17, 15) is 4.79 Å². The molecular formula is C22H27ClO2. The Hall–Kier alpha value is -1.80. The van der Waals surface area contributed by atoms with E-state index in [1.54, 1.807) is 0 Å². The van der Waals surface area contributed by atoms with Gasteiger partial charge in [-0.05, 0) is 41.7 Å². The van der Waals surface area contributed by atoms with Gasteiger partial charge in [-0.25, -0.2) is 0 Å². The van der Waals surface area contributed by atoms with Crippen molar-refractivity contribution in [2.45, 2.75) is 51.9 Å². The molecule has 0 unspecified atom stereocenters. The molecule has 0 atom stereocenters.